The molecule has 1 unspecified atom stereocenters. The molecule has 1 fully saturated rings. The molecule has 1 heterocycles. The quantitative estimate of drug-likeness (QED) is 0.473. The van der Waals surface area contributed by atoms with Crippen LogP contribution in [0.2, 0.25) is 0 Å². The minimum absolute atomic E-state index is 0.0242. The Morgan fingerprint density at radius 2 is 2.33 bits per heavy atom. The Kier molecular flexibility index (Phi) is 5.42. The standard InChI is InChI=1S/C14H17N3O4/c18-14(16-9-12-10-21-8-7-15-12)6-5-11-3-1-2-4-13(11)17(19)20/h1-6,12,15H,7-10H2,(H,16,18)/b6-5+. The van der Waals surface area contributed by atoms with Crippen LogP contribution >= 0.6 is 0 Å². The van der Waals surface area contributed by atoms with Crippen molar-refractivity contribution in [1.82, 2.24) is 10.6 Å². The Hall–Kier alpha value is -2.25. The number of ether oxygens (including phenoxy) is 1. The number of amides is 1. The maximum atomic E-state index is 11.7. The lowest BCUT2D eigenvalue weighted by Gasteiger charge is -2.23. The Morgan fingerprint density at radius 3 is 3.05 bits per heavy atom. The summed E-state index contributed by atoms with van der Waals surface area (Å²) in [5.74, 6) is -0.291. The number of morpholine rings is 1. The van der Waals surface area contributed by atoms with Crippen molar-refractivity contribution in [2.75, 3.05) is 26.3 Å². The van der Waals surface area contributed by atoms with Crippen LogP contribution in [0, 0.1) is 10.1 Å². The molecule has 7 heteroatoms. The number of nitrogens with one attached hydrogen (secondary N) is 2. The van der Waals surface area contributed by atoms with Crippen LogP contribution in [0.15, 0.2) is 30.3 Å². The molecule has 1 aliphatic heterocycles. The highest BCUT2D eigenvalue weighted by molar-refractivity contribution is 5.92. The maximum Gasteiger partial charge on any atom is 0.276 e. The smallest absolute Gasteiger partial charge is 0.276 e. The fourth-order valence-corrected chi connectivity index (χ4v) is 1.99. The lowest BCUT2D eigenvalue weighted by Crippen LogP contribution is -2.48. The molecule has 2 N–H and O–H groups in total. The van der Waals surface area contributed by atoms with Gasteiger partial charge in [-0.1, -0.05) is 12.1 Å². The average molecular weight is 291 g/mol. The highest BCUT2D eigenvalue weighted by Crippen LogP contribution is 2.18. The van der Waals surface area contributed by atoms with Crippen LogP contribution in [0.3, 0.4) is 0 Å². The van der Waals surface area contributed by atoms with Gasteiger partial charge in [0.25, 0.3) is 5.69 Å². The molecular formula is C14H17N3O4. The van der Waals surface area contributed by atoms with Crippen LogP contribution in [-0.2, 0) is 9.53 Å². The van der Waals surface area contributed by atoms with Crippen molar-refractivity contribution in [3.63, 3.8) is 0 Å². The number of hydrogen-bond donors (Lipinski definition) is 2. The second kappa shape index (κ2) is 7.51. The first-order chi connectivity index (χ1) is 10.2. The number of nitrogens with zero attached hydrogens (tertiary/aromatic N) is 1. The van der Waals surface area contributed by atoms with E-state index >= 15 is 0 Å². The number of carbonyl (C=O) groups excluding carboxylic acids is 1. The fourth-order valence-electron chi connectivity index (χ4n) is 1.99. The molecule has 0 radical (unpaired) electrons. The topological polar surface area (TPSA) is 93.5 Å². The van der Waals surface area contributed by atoms with E-state index in [1.807, 2.05) is 0 Å². The molecule has 0 aliphatic carbocycles. The van der Waals surface area contributed by atoms with Crippen molar-refractivity contribution in [3.05, 3.63) is 46.0 Å². The molecule has 0 saturated carbocycles. The predicted octanol–water partition coefficient (Wildman–Crippen LogP) is 0.713. The normalized spacial score (nSPS) is 18.6. The minimum atomic E-state index is -0.471. The van der Waals surface area contributed by atoms with Gasteiger partial charge in [-0.25, -0.2) is 0 Å². The van der Waals surface area contributed by atoms with Crippen molar-refractivity contribution in [1.29, 1.82) is 0 Å². The fraction of sp³-hybridized carbons (Fsp3) is 0.357. The number of rotatable bonds is 5. The van der Waals surface area contributed by atoms with Gasteiger partial charge in [0.2, 0.25) is 5.91 Å². The van der Waals surface area contributed by atoms with Gasteiger partial charge in [-0.3, -0.25) is 14.9 Å². The summed E-state index contributed by atoms with van der Waals surface area (Å²) in [6, 6.07) is 6.37. The van der Waals surface area contributed by atoms with E-state index in [1.165, 1.54) is 18.2 Å². The average Bonchev–Trinajstić information content (AvgIpc) is 2.52. The van der Waals surface area contributed by atoms with E-state index in [2.05, 4.69) is 10.6 Å². The third-order valence-corrected chi connectivity index (χ3v) is 3.07. The van der Waals surface area contributed by atoms with Crippen molar-refractivity contribution in [3.8, 4) is 0 Å². The molecule has 0 aromatic heterocycles. The van der Waals surface area contributed by atoms with E-state index < -0.39 is 4.92 Å². The molecule has 1 aliphatic rings. The summed E-state index contributed by atoms with van der Waals surface area (Å²) < 4.78 is 5.28. The lowest BCUT2D eigenvalue weighted by atomic mass is 10.1. The van der Waals surface area contributed by atoms with E-state index in [-0.39, 0.29) is 17.6 Å². The van der Waals surface area contributed by atoms with E-state index in [0.717, 1.165) is 6.54 Å². The van der Waals surface area contributed by atoms with E-state index in [1.54, 1.807) is 18.2 Å². The molecule has 112 valence electrons. The van der Waals surface area contributed by atoms with Crippen molar-refractivity contribution in [2.45, 2.75) is 6.04 Å². The summed E-state index contributed by atoms with van der Waals surface area (Å²) in [7, 11) is 0. The third-order valence-electron chi connectivity index (χ3n) is 3.07. The molecule has 0 bridgehead atoms. The Bertz CT molecular complexity index is 539. The lowest BCUT2D eigenvalue weighted by molar-refractivity contribution is -0.385. The summed E-state index contributed by atoms with van der Waals surface area (Å²) in [6.07, 6.45) is 2.74. The molecule has 0 spiro atoms. The summed E-state index contributed by atoms with van der Waals surface area (Å²) >= 11 is 0. The number of nitro benzene ring substituents is 1. The second-order valence-corrected chi connectivity index (χ2v) is 4.62. The predicted molar refractivity (Wildman–Crippen MR) is 77.7 cm³/mol. The molecule has 1 aromatic carbocycles. The van der Waals surface area contributed by atoms with Gasteiger partial charge in [-0.05, 0) is 12.1 Å². The summed E-state index contributed by atoms with van der Waals surface area (Å²) in [5, 5.41) is 16.8. The maximum absolute atomic E-state index is 11.7. The molecule has 1 amide bonds. The van der Waals surface area contributed by atoms with Gasteiger partial charge < -0.3 is 15.4 Å². The minimum Gasteiger partial charge on any atom is -0.378 e. The zero-order valence-corrected chi connectivity index (χ0v) is 11.5. The largest absolute Gasteiger partial charge is 0.378 e. The second-order valence-electron chi connectivity index (χ2n) is 4.62. The summed E-state index contributed by atoms with van der Waals surface area (Å²) in [6.45, 7) is 2.48. The molecule has 1 saturated heterocycles. The molecule has 1 aromatic rings. The third kappa shape index (κ3) is 4.66. The molecular weight excluding hydrogens is 274 g/mol. The van der Waals surface area contributed by atoms with Crippen LogP contribution < -0.4 is 10.6 Å². The van der Waals surface area contributed by atoms with Crippen LogP contribution in [0.5, 0.6) is 0 Å². The summed E-state index contributed by atoms with van der Waals surface area (Å²) in [5.41, 5.74) is 0.376. The number of nitro groups is 1. The van der Waals surface area contributed by atoms with Gasteiger partial charge in [0.05, 0.1) is 23.7 Å². The van der Waals surface area contributed by atoms with Crippen molar-refractivity contribution in [2.24, 2.45) is 0 Å². The number of carbonyl (C=O) groups is 1. The van der Waals surface area contributed by atoms with Crippen LogP contribution in [0.4, 0.5) is 5.69 Å². The number of benzene rings is 1. The zero-order valence-electron chi connectivity index (χ0n) is 11.5. The molecule has 7 nitrogen and oxygen atoms in total. The van der Waals surface area contributed by atoms with Crippen LogP contribution in [0.25, 0.3) is 6.08 Å². The van der Waals surface area contributed by atoms with Crippen LogP contribution in [-0.4, -0.2) is 43.2 Å². The first kappa shape index (κ1) is 15.1. The number of hydrogen-bond acceptors (Lipinski definition) is 5. The highest BCUT2D eigenvalue weighted by atomic mass is 16.6. The molecule has 1 atom stereocenters. The van der Waals surface area contributed by atoms with Crippen molar-refractivity contribution >= 4 is 17.7 Å². The van der Waals surface area contributed by atoms with Gasteiger partial charge >= 0.3 is 0 Å². The monoisotopic (exact) mass is 291 g/mol. The first-order valence-electron chi connectivity index (χ1n) is 6.67. The molecule has 2 rings (SSSR count). The first-order valence-corrected chi connectivity index (χ1v) is 6.67. The highest BCUT2D eigenvalue weighted by Gasteiger charge is 2.13. The summed E-state index contributed by atoms with van der Waals surface area (Å²) in [4.78, 5) is 22.1. The SMILES string of the molecule is O=C(/C=C/c1ccccc1[N+](=O)[O-])NCC1COCCN1. The Morgan fingerprint density at radius 1 is 1.52 bits per heavy atom. The van der Waals surface area contributed by atoms with Gasteiger partial charge in [-0.15, -0.1) is 0 Å². The van der Waals surface area contributed by atoms with E-state index in [9.17, 15) is 14.9 Å². The Balaban J connectivity index is 1.88. The Labute approximate surface area is 122 Å². The number of para-hydroxylation sites is 1. The van der Waals surface area contributed by atoms with Crippen LogP contribution in [0.1, 0.15) is 5.56 Å². The van der Waals surface area contributed by atoms with Gasteiger partial charge in [0.15, 0.2) is 0 Å². The van der Waals surface area contributed by atoms with E-state index in [0.29, 0.717) is 25.3 Å². The molecule has 21 heavy (non-hydrogen) atoms. The van der Waals surface area contributed by atoms with Gasteiger partial charge in [0.1, 0.15) is 0 Å². The van der Waals surface area contributed by atoms with Crippen molar-refractivity contribution < 1.29 is 14.5 Å². The van der Waals surface area contributed by atoms with E-state index in [4.69, 9.17) is 4.74 Å². The van der Waals surface area contributed by atoms with Gasteiger partial charge in [0, 0.05) is 31.3 Å². The zero-order chi connectivity index (χ0) is 15.1. The van der Waals surface area contributed by atoms with Gasteiger partial charge in [-0.2, -0.15) is 0 Å².